The molecule has 1 atom stereocenters. The first-order valence-corrected chi connectivity index (χ1v) is 11.3. The van der Waals surface area contributed by atoms with E-state index in [-0.39, 0.29) is 16.0 Å². The van der Waals surface area contributed by atoms with Crippen molar-refractivity contribution in [3.63, 3.8) is 0 Å². The number of benzene rings is 1. The first-order chi connectivity index (χ1) is 14.9. The number of thiophene rings is 1. The summed E-state index contributed by atoms with van der Waals surface area (Å²) in [6.07, 6.45) is -3.02. The molecule has 1 aliphatic carbocycles. The van der Waals surface area contributed by atoms with Crippen LogP contribution in [0.1, 0.15) is 54.9 Å². The van der Waals surface area contributed by atoms with Gasteiger partial charge >= 0.3 is 12.1 Å². The zero-order valence-electron chi connectivity index (χ0n) is 18.5. The van der Waals surface area contributed by atoms with E-state index in [0.717, 1.165) is 22.6 Å². The van der Waals surface area contributed by atoms with Crippen molar-refractivity contribution in [3.05, 3.63) is 40.3 Å². The number of hydrogen-bond donors (Lipinski definition) is 2. The van der Waals surface area contributed by atoms with Crippen LogP contribution in [0.4, 0.5) is 23.9 Å². The second kappa shape index (κ2) is 9.13. The Morgan fingerprint density at radius 1 is 1.16 bits per heavy atom. The Morgan fingerprint density at radius 2 is 1.84 bits per heavy atom. The highest BCUT2D eigenvalue weighted by Crippen LogP contribution is 2.45. The van der Waals surface area contributed by atoms with E-state index in [9.17, 15) is 22.8 Å². The number of fused-ring (bicyclic) bond motifs is 1. The summed E-state index contributed by atoms with van der Waals surface area (Å²) in [4.78, 5) is 25.7. The lowest BCUT2D eigenvalue weighted by Gasteiger charge is -2.33. The van der Waals surface area contributed by atoms with Crippen molar-refractivity contribution < 1.29 is 27.5 Å². The van der Waals surface area contributed by atoms with Crippen LogP contribution in [0.25, 0.3) is 0 Å². The minimum Gasteiger partial charge on any atom is -0.492 e. The van der Waals surface area contributed by atoms with Gasteiger partial charge < -0.3 is 15.4 Å². The summed E-state index contributed by atoms with van der Waals surface area (Å²) in [6, 6.07) is 6.84. The Hall–Kier alpha value is -2.55. The highest BCUT2D eigenvalue weighted by molar-refractivity contribution is 7.17. The van der Waals surface area contributed by atoms with Gasteiger partial charge in [0.1, 0.15) is 10.8 Å². The van der Waals surface area contributed by atoms with Crippen LogP contribution in [0.2, 0.25) is 0 Å². The number of ether oxygens (including phenoxy) is 1. The minimum atomic E-state index is -5.05. The van der Waals surface area contributed by atoms with Gasteiger partial charge in [-0.3, -0.25) is 9.59 Å². The van der Waals surface area contributed by atoms with Gasteiger partial charge in [0, 0.05) is 4.88 Å². The van der Waals surface area contributed by atoms with Crippen molar-refractivity contribution in [2.75, 3.05) is 17.2 Å². The average molecular weight is 469 g/mol. The lowest BCUT2D eigenvalue weighted by molar-refractivity contribution is -0.167. The van der Waals surface area contributed by atoms with Crippen LogP contribution in [0.5, 0.6) is 5.75 Å². The number of carbonyl (C=O) groups is 2. The number of carbonyl (C=O) groups excluding carboxylic acids is 2. The van der Waals surface area contributed by atoms with Crippen molar-refractivity contribution >= 4 is 33.8 Å². The van der Waals surface area contributed by atoms with Crippen molar-refractivity contribution in [1.82, 2.24) is 0 Å². The van der Waals surface area contributed by atoms with E-state index in [4.69, 9.17) is 4.74 Å². The summed E-state index contributed by atoms with van der Waals surface area (Å²) in [7, 11) is 0. The zero-order chi connectivity index (χ0) is 23.7. The number of nitrogens with one attached hydrogen (secondary N) is 2. The Kier molecular flexibility index (Phi) is 6.88. The number of para-hydroxylation sites is 2. The number of amides is 2. The standard InChI is InChI=1S/C23H27F3N2O3S/c1-5-31-16-9-7-6-8-15(16)27-19(29)18-14-11-10-13(22(2,3)4)12-17(14)32-20(18)28-21(30)23(24,25)26/h6-9,13H,5,10-12H2,1-4H3,(H,27,29)(H,28,30). The fraction of sp³-hybridized carbons (Fsp3) is 0.478. The number of anilines is 2. The topological polar surface area (TPSA) is 67.4 Å². The maximum Gasteiger partial charge on any atom is 0.471 e. The quantitative estimate of drug-likeness (QED) is 0.561. The van der Waals surface area contributed by atoms with Gasteiger partial charge in [-0.25, -0.2) is 0 Å². The second-order valence-corrected chi connectivity index (χ2v) is 9.95. The van der Waals surface area contributed by atoms with Gasteiger partial charge in [-0.05, 0) is 55.2 Å². The molecule has 32 heavy (non-hydrogen) atoms. The van der Waals surface area contributed by atoms with E-state index >= 15 is 0 Å². The molecule has 0 fully saturated rings. The summed E-state index contributed by atoms with van der Waals surface area (Å²) in [5.41, 5.74) is 1.24. The average Bonchev–Trinajstić information content (AvgIpc) is 3.05. The summed E-state index contributed by atoms with van der Waals surface area (Å²) in [5, 5.41) is 4.61. The molecular weight excluding hydrogens is 441 g/mol. The van der Waals surface area contributed by atoms with Gasteiger partial charge in [-0.15, -0.1) is 11.3 Å². The molecule has 1 aromatic carbocycles. The van der Waals surface area contributed by atoms with Crippen LogP contribution in [-0.2, 0) is 17.6 Å². The lowest BCUT2D eigenvalue weighted by atomic mass is 9.72. The fourth-order valence-electron chi connectivity index (χ4n) is 3.86. The Morgan fingerprint density at radius 3 is 2.47 bits per heavy atom. The molecule has 0 bridgehead atoms. The van der Waals surface area contributed by atoms with Crippen LogP contribution in [0, 0.1) is 11.3 Å². The molecule has 0 saturated heterocycles. The number of halogens is 3. The van der Waals surface area contributed by atoms with Crippen LogP contribution in [0.3, 0.4) is 0 Å². The summed E-state index contributed by atoms with van der Waals surface area (Å²) >= 11 is 1.06. The molecule has 1 aromatic heterocycles. The maximum absolute atomic E-state index is 13.2. The molecule has 1 heterocycles. The highest BCUT2D eigenvalue weighted by atomic mass is 32.1. The first-order valence-electron chi connectivity index (χ1n) is 10.5. The third kappa shape index (κ3) is 5.26. The predicted octanol–water partition coefficient (Wildman–Crippen LogP) is 6.05. The monoisotopic (exact) mass is 468 g/mol. The minimum absolute atomic E-state index is 0.0237. The fourth-order valence-corrected chi connectivity index (χ4v) is 5.18. The summed E-state index contributed by atoms with van der Waals surface area (Å²) < 4.78 is 44.3. The SMILES string of the molecule is CCOc1ccccc1NC(=O)c1c(NC(=O)C(F)(F)F)sc2c1CCC(C(C)(C)C)C2. The Labute approximate surface area is 189 Å². The molecule has 3 rings (SSSR count). The van der Waals surface area contributed by atoms with Crippen LogP contribution < -0.4 is 15.4 Å². The molecule has 9 heteroatoms. The van der Waals surface area contributed by atoms with E-state index in [1.807, 2.05) is 12.2 Å². The molecule has 2 aromatic rings. The Bertz CT molecular complexity index is 1010. The van der Waals surface area contributed by atoms with Gasteiger partial charge in [0.25, 0.3) is 5.91 Å². The third-order valence-electron chi connectivity index (χ3n) is 5.64. The van der Waals surface area contributed by atoms with Gasteiger partial charge in [-0.1, -0.05) is 32.9 Å². The smallest absolute Gasteiger partial charge is 0.471 e. The molecule has 0 radical (unpaired) electrons. The van der Waals surface area contributed by atoms with Crippen LogP contribution >= 0.6 is 11.3 Å². The van der Waals surface area contributed by atoms with Gasteiger partial charge in [0.2, 0.25) is 0 Å². The van der Waals surface area contributed by atoms with E-state index in [0.29, 0.717) is 42.4 Å². The lowest BCUT2D eigenvalue weighted by Crippen LogP contribution is -2.30. The molecular formula is C23H27F3N2O3S. The number of rotatable bonds is 5. The summed E-state index contributed by atoms with van der Waals surface area (Å²) in [5.74, 6) is -1.87. The molecule has 2 N–H and O–H groups in total. The molecule has 5 nitrogen and oxygen atoms in total. The van der Waals surface area contributed by atoms with Crippen molar-refractivity contribution in [2.45, 2.75) is 53.1 Å². The molecule has 0 spiro atoms. The number of hydrogen-bond acceptors (Lipinski definition) is 4. The van der Waals surface area contributed by atoms with Crippen LogP contribution in [0.15, 0.2) is 24.3 Å². The molecule has 2 amide bonds. The molecule has 0 saturated carbocycles. The summed E-state index contributed by atoms with van der Waals surface area (Å²) in [6.45, 7) is 8.58. The molecule has 174 valence electrons. The Balaban J connectivity index is 1.99. The molecule has 0 aliphatic heterocycles. The van der Waals surface area contributed by atoms with Crippen LogP contribution in [-0.4, -0.2) is 24.6 Å². The van der Waals surface area contributed by atoms with E-state index in [2.05, 4.69) is 26.1 Å². The van der Waals surface area contributed by atoms with Crippen molar-refractivity contribution in [2.24, 2.45) is 11.3 Å². The molecule has 1 aliphatic rings. The second-order valence-electron chi connectivity index (χ2n) is 8.85. The van der Waals surface area contributed by atoms with Gasteiger partial charge in [-0.2, -0.15) is 13.2 Å². The van der Waals surface area contributed by atoms with E-state index < -0.39 is 18.0 Å². The zero-order valence-corrected chi connectivity index (χ0v) is 19.3. The third-order valence-corrected chi connectivity index (χ3v) is 6.81. The van der Waals surface area contributed by atoms with Gasteiger partial charge in [0.05, 0.1) is 17.9 Å². The largest absolute Gasteiger partial charge is 0.492 e. The first kappa shape index (κ1) is 24.1. The number of alkyl halides is 3. The maximum atomic E-state index is 13.2. The van der Waals surface area contributed by atoms with E-state index in [1.165, 1.54) is 0 Å². The predicted molar refractivity (Wildman–Crippen MR) is 120 cm³/mol. The van der Waals surface area contributed by atoms with Gasteiger partial charge in [0.15, 0.2) is 0 Å². The van der Waals surface area contributed by atoms with E-state index in [1.54, 1.807) is 24.3 Å². The normalized spacial score (nSPS) is 16.3. The van der Waals surface area contributed by atoms with Crippen molar-refractivity contribution in [3.8, 4) is 5.75 Å². The van der Waals surface area contributed by atoms with Crippen molar-refractivity contribution in [1.29, 1.82) is 0 Å². The molecule has 1 unspecified atom stereocenters. The highest BCUT2D eigenvalue weighted by Gasteiger charge is 2.41.